The van der Waals surface area contributed by atoms with Crippen molar-refractivity contribution in [1.29, 1.82) is 0 Å². The van der Waals surface area contributed by atoms with Gasteiger partial charge in [0.1, 0.15) is 0 Å². The molecular weight excluding hydrogens is 232 g/mol. The molecule has 1 aromatic carbocycles. The molecule has 3 heteroatoms. The maximum atomic E-state index is 6.26. The summed E-state index contributed by atoms with van der Waals surface area (Å²) in [7, 11) is 0. The SMILES string of the molecule is Cc1nccc2c1[nH]c1c(C)cc(Cl)c(C)c12. The number of nitrogens with one attached hydrogen (secondary N) is 1. The van der Waals surface area contributed by atoms with E-state index in [-0.39, 0.29) is 0 Å². The Balaban J connectivity index is 2.66. The molecule has 86 valence electrons. The number of halogens is 1. The van der Waals surface area contributed by atoms with Gasteiger partial charge in [0.25, 0.3) is 0 Å². The Morgan fingerprint density at radius 1 is 1.18 bits per heavy atom. The number of hydrogen-bond donors (Lipinski definition) is 1. The minimum Gasteiger partial charge on any atom is -0.353 e. The average Bonchev–Trinajstić information content (AvgIpc) is 2.68. The molecule has 17 heavy (non-hydrogen) atoms. The predicted octanol–water partition coefficient (Wildman–Crippen LogP) is 4.29. The van der Waals surface area contributed by atoms with Gasteiger partial charge < -0.3 is 4.98 Å². The summed E-state index contributed by atoms with van der Waals surface area (Å²) < 4.78 is 0. The van der Waals surface area contributed by atoms with Crippen LogP contribution in [-0.2, 0) is 0 Å². The summed E-state index contributed by atoms with van der Waals surface area (Å²) in [4.78, 5) is 7.78. The molecule has 2 nitrogen and oxygen atoms in total. The Morgan fingerprint density at radius 3 is 2.71 bits per heavy atom. The summed E-state index contributed by atoms with van der Waals surface area (Å²) in [5.41, 5.74) is 5.60. The van der Waals surface area contributed by atoms with Gasteiger partial charge in [0, 0.05) is 27.5 Å². The highest BCUT2D eigenvalue weighted by molar-refractivity contribution is 6.33. The van der Waals surface area contributed by atoms with Crippen molar-refractivity contribution in [3.8, 4) is 0 Å². The van der Waals surface area contributed by atoms with Gasteiger partial charge in [-0.3, -0.25) is 4.98 Å². The highest BCUT2D eigenvalue weighted by Crippen LogP contribution is 2.34. The van der Waals surface area contributed by atoms with Crippen molar-refractivity contribution in [2.45, 2.75) is 20.8 Å². The molecule has 0 aliphatic rings. The van der Waals surface area contributed by atoms with Crippen LogP contribution in [0.2, 0.25) is 5.02 Å². The molecule has 0 amide bonds. The molecule has 0 saturated heterocycles. The van der Waals surface area contributed by atoms with E-state index in [0.717, 1.165) is 27.3 Å². The zero-order valence-corrected chi connectivity index (χ0v) is 10.8. The zero-order valence-electron chi connectivity index (χ0n) is 10.1. The molecule has 0 aliphatic heterocycles. The maximum absolute atomic E-state index is 6.26. The van der Waals surface area contributed by atoms with Gasteiger partial charge in [0.15, 0.2) is 0 Å². The third-order valence-corrected chi connectivity index (χ3v) is 3.77. The number of H-pyrrole nitrogens is 1. The molecule has 1 N–H and O–H groups in total. The van der Waals surface area contributed by atoms with Crippen LogP contribution in [0.25, 0.3) is 21.8 Å². The maximum Gasteiger partial charge on any atom is 0.0681 e. The first-order valence-corrected chi connectivity index (χ1v) is 6.00. The first-order chi connectivity index (χ1) is 8.09. The van der Waals surface area contributed by atoms with Gasteiger partial charge in [0.2, 0.25) is 0 Å². The monoisotopic (exact) mass is 244 g/mol. The van der Waals surface area contributed by atoms with Gasteiger partial charge in [-0.2, -0.15) is 0 Å². The lowest BCUT2D eigenvalue weighted by atomic mass is 10.0. The minimum atomic E-state index is 0.824. The lowest BCUT2D eigenvalue weighted by molar-refractivity contribution is 1.22. The van der Waals surface area contributed by atoms with Crippen LogP contribution in [0.5, 0.6) is 0 Å². The Hall–Kier alpha value is -1.54. The standard InChI is InChI=1S/C14H13ClN2/c1-7-6-11(15)8(2)12-10-4-5-16-9(3)14(10)17-13(7)12/h4-6,17H,1-3H3. The third-order valence-electron chi connectivity index (χ3n) is 3.38. The van der Waals surface area contributed by atoms with Crippen LogP contribution in [0.15, 0.2) is 18.3 Å². The van der Waals surface area contributed by atoms with Crippen molar-refractivity contribution < 1.29 is 0 Å². The number of aryl methyl sites for hydroxylation is 3. The van der Waals surface area contributed by atoms with Gasteiger partial charge in [-0.1, -0.05) is 11.6 Å². The number of rotatable bonds is 0. The fraction of sp³-hybridized carbons (Fsp3) is 0.214. The van der Waals surface area contributed by atoms with E-state index in [4.69, 9.17) is 11.6 Å². The number of hydrogen-bond acceptors (Lipinski definition) is 1. The second kappa shape index (κ2) is 3.47. The summed E-state index contributed by atoms with van der Waals surface area (Å²) in [6.45, 7) is 6.16. The van der Waals surface area contributed by atoms with E-state index < -0.39 is 0 Å². The van der Waals surface area contributed by atoms with E-state index in [1.54, 1.807) is 0 Å². The van der Waals surface area contributed by atoms with Crippen molar-refractivity contribution in [3.05, 3.63) is 40.2 Å². The largest absolute Gasteiger partial charge is 0.353 e. The van der Waals surface area contributed by atoms with Crippen LogP contribution in [0, 0.1) is 20.8 Å². The molecule has 2 heterocycles. The molecule has 0 atom stereocenters. The van der Waals surface area contributed by atoms with Crippen LogP contribution in [0.3, 0.4) is 0 Å². The average molecular weight is 245 g/mol. The van der Waals surface area contributed by atoms with Gasteiger partial charge in [-0.25, -0.2) is 0 Å². The summed E-state index contributed by atoms with van der Waals surface area (Å²) in [5.74, 6) is 0. The van der Waals surface area contributed by atoms with Gasteiger partial charge in [-0.15, -0.1) is 0 Å². The van der Waals surface area contributed by atoms with Crippen LogP contribution in [0.4, 0.5) is 0 Å². The quantitative estimate of drug-likeness (QED) is 0.628. The predicted molar refractivity (Wildman–Crippen MR) is 72.8 cm³/mol. The number of benzene rings is 1. The van der Waals surface area contributed by atoms with Crippen LogP contribution in [0.1, 0.15) is 16.8 Å². The number of aromatic amines is 1. The number of aromatic nitrogens is 2. The number of pyridine rings is 1. The summed E-state index contributed by atoms with van der Waals surface area (Å²) in [6, 6.07) is 4.06. The fourth-order valence-corrected chi connectivity index (χ4v) is 2.69. The third kappa shape index (κ3) is 1.37. The Labute approximate surface area is 105 Å². The van der Waals surface area contributed by atoms with Crippen molar-refractivity contribution in [1.82, 2.24) is 9.97 Å². The van der Waals surface area contributed by atoms with Gasteiger partial charge in [0.05, 0.1) is 11.2 Å². The summed E-state index contributed by atoms with van der Waals surface area (Å²) >= 11 is 6.26. The molecule has 0 saturated carbocycles. The molecule has 0 aliphatic carbocycles. The Morgan fingerprint density at radius 2 is 1.94 bits per heavy atom. The smallest absolute Gasteiger partial charge is 0.0681 e. The second-order valence-corrected chi connectivity index (χ2v) is 4.90. The summed E-state index contributed by atoms with van der Waals surface area (Å²) in [6.07, 6.45) is 1.85. The van der Waals surface area contributed by atoms with Gasteiger partial charge >= 0.3 is 0 Å². The highest BCUT2D eigenvalue weighted by Gasteiger charge is 2.12. The highest BCUT2D eigenvalue weighted by atomic mass is 35.5. The van der Waals surface area contributed by atoms with Gasteiger partial charge in [-0.05, 0) is 44.0 Å². The molecule has 0 unspecified atom stereocenters. The van der Waals surface area contributed by atoms with E-state index in [1.165, 1.54) is 16.3 Å². The first-order valence-electron chi connectivity index (χ1n) is 5.62. The van der Waals surface area contributed by atoms with E-state index in [2.05, 4.69) is 23.8 Å². The summed E-state index contributed by atoms with van der Waals surface area (Å²) in [5, 5.41) is 3.25. The minimum absolute atomic E-state index is 0.824. The Kier molecular flexibility index (Phi) is 2.17. The molecule has 3 aromatic rings. The molecule has 2 aromatic heterocycles. The molecule has 0 radical (unpaired) electrons. The molecule has 0 fully saturated rings. The van der Waals surface area contributed by atoms with Crippen molar-refractivity contribution in [2.24, 2.45) is 0 Å². The molecule has 0 spiro atoms. The van der Waals surface area contributed by atoms with E-state index in [9.17, 15) is 0 Å². The van der Waals surface area contributed by atoms with E-state index in [1.807, 2.05) is 25.3 Å². The topological polar surface area (TPSA) is 28.7 Å². The lowest BCUT2D eigenvalue weighted by Gasteiger charge is -2.03. The second-order valence-electron chi connectivity index (χ2n) is 4.49. The van der Waals surface area contributed by atoms with Crippen molar-refractivity contribution >= 4 is 33.4 Å². The molecular formula is C14H13ClN2. The van der Waals surface area contributed by atoms with E-state index in [0.29, 0.717) is 0 Å². The van der Waals surface area contributed by atoms with Crippen molar-refractivity contribution in [2.75, 3.05) is 0 Å². The normalized spacial score (nSPS) is 11.5. The first kappa shape index (κ1) is 10.6. The number of fused-ring (bicyclic) bond motifs is 3. The Bertz CT molecular complexity index is 741. The van der Waals surface area contributed by atoms with Crippen molar-refractivity contribution in [3.63, 3.8) is 0 Å². The van der Waals surface area contributed by atoms with Crippen LogP contribution in [-0.4, -0.2) is 9.97 Å². The van der Waals surface area contributed by atoms with Crippen LogP contribution >= 0.6 is 11.6 Å². The van der Waals surface area contributed by atoms with E-state index >= 15 is 0 Å². The zero-order chi connectivity index (χ0) is 12.2. The molecule has 0 bridgehead atoms. The number of nitrogens with zero attached hydrogens (tertiary/aromatic N) is 1. The lowest BCUT2D eigenvalue weighted by Crippen LogP contribution is -1.82. The van der Waals surface area contributed by atoms with Crippen LogP contribution < -0.4 is 0 Å². The fourth-order valence-electron chi connectivity index (χ4n) is 2.43. The molecule has 3 rings (SSSR count).